The third-order valence-electron chi connectivity index (χ3n) is 2.11. The lowest BCUT2D eigenvalue weighted by molar-refractivity contribution is 1.20. The van der Waals surface area contributed by atoms with Gasteiger partial charge in [-0.1, -0.05) is 11.6 Å². The summed E-state index contributed by atoms with van der Waals surface area (Å²) in [6.07, 6.45) is 5.03. The lowest BCUT2D eigenvalue weighted by atomic mass is 10.4. The van der Waals surface area contributed by atoms with Gasteiger partial charge in [-0.15, -0.1) is 22.7 Å². The molecular formula is C11H6ClN3S2. The van der Waals surface area contributed by atoms with Gasteiger partial charge in [-0.2, -0.15) is 0 Å². The number of hydrogen-bond donors (Lipinski definition) is 0. The van der Waals surface area contributed by atoms with Gasteiger partial charge in [-0.05, 0) is 12.1 Å². The topological polar surface area (TPSA) is 38.7 Å². The van der Waals surface area contributed by atoms with Gasteiger partial charge in [-0.25, -0.2) is 4.98 Å². The molecule has 0 aromatic carbocycles. The number of thiophene rings is 1. The van der Waals surface area contributed by atoms with E-state index in [-0.39, 0.29) is 0 Å². The van der Waals surface area contributed by atoms with Crippen molar-refractivity contribution < 1.29 is 0 Å². The van der Waals surface area contributed by atoms with E-state index in [0.717, 1.165) is 25.6 Å². The molecule has 0 N–H and O–H groups in total. The molecule has 17 heavy (non-hydrogen) atoms. The normalized spacial score (nSPS) is 10.6. The van der Waals surface area contributed by atoms with Crippen LogP contribution in [-0.2, 0) is 0 Å². The average molecular weight is 280 g/mol. The number of thiazole rings is 1. The Morgan fingerprint density at radius 1 is 1.12 bits per heavy atom. The quantitative estimate of drug-likeness (QED) is 0.712. The zero-order chi connectivity index (χ0) is 11.7. The summed E-state index contributed by atoms with van der Waals surface area (Å²) in [6, 6.07) is 3.85. The standard InChI is InChI=1S/C11H6ClN3S2/c12-10-2-1-9(17-10)8-6-16-11(15-8)7-5-13-3-4-14-7/h1-6H. The second-order valence-electron chi connectivity index (χ2n) is 3.23. The smallest absolute Gasteiger partial charge is 0.144 e. The van der Waals surface area contributed by atoms with Crippen LogP contribution in [0.15, 0.2) is 36.1 Å². The van der Waals surface area contributed by atoms with Crippen molar-refractivity contribution in [1.29, 1.82) is 0 Å². The number of halogens is 1. The summed E-state index contributed by atoms with van der Waals surface area (Å²) >= 11 is 8.99. The van der Waals surface area contributed by atoms with Gasteiger partial charge in [0.15, 0.2) is 0 Å². The van der Waals surface area contributed by atoms with Crippen LogP contribution in [0.1, 0.15) is 0 Å². The summed E-state index contributed by atoms with van der Waals surface area (Å²) in [6.45, 7) is 0. The molecule has 0 fully saturated rings. The van der Waals surface area contributed by atoms with Crippen molar-refractivity contribution in [3.8, 4) is 21.3 Å². The summed E-state index contributed by atoms with van der Waals surface area (Å²) in [7, 11) is 0. The number of aromatic nitrogens is 3. The van der Waals surface area contributed by atoms with E-state index in [1.807, 2.05) is 17.5 Å². The molecule has 3 aromatic heterocycles. The van der Waals surface area contributed by atoms with Crippen LogP contribution in [0.2, 0.25) is 4.34 Å². The fraction of sp³-hybridized carbons (Fsp3) is 0. The molecule has 0 amide bonds. The van der Waals surface area contributed by atoms with E-state index in [2.05, 4.69) is 15.0 Å². The van der Waals surface area contributed by atoms with Crippen LogP contribution in [0.3, 0.4) is 0 Å². The van der Waals surface area contributed by atoms with Crippen molar-refractivity contribution in [1.82, 2.24) is 15.0 Å². The number of hydrogen-bond acceptors (Lipinski definition) is 5. The van der Waals surface area contributed by atoms with Crippen LogP contribution in [0.4, 0.5) is 0 Å². The first-order valence-electron chi connectivity index (χ1n) is 4.80. The van der Waals surface area contributed by atoms with Crippen LogP contribution in [0, 0.1) is 0 Å². The van der Waals surface area contributed by atoms with Crippen LogP contribution in [0.25, 0.3) is 21.3 Å². The van der Waals surface area contributed by atoms with E-state index in [0.29, 0.717) is 0 Å². The molecule has 6 heteroatoms. The summed E-state index contributed by atoms with van der Waals surface area (Å²) in [5.41, 5.74) is 1.74. The zero-order valence-electron chi connectivity index (χ0n) is 8.50. The first kappa shape index (κ1) is 10.8. The first-order chi connectivity index (χ1) is 8.33. The van der Waals surface area contributed by atoms with E-state index in [9.17, 15) is 0 Å². The third-order valence-corrected chi connectivity index (χ3v) is 4.23. The molecule has 3 aromatic rings. The second kappa shape index (κ2) is 4.52. The van der Waals surface area contributed by atoms with Gasteiger partial charge in [0.2, 0.25) is 0 Å². The SMILES string of the molecule is Clc1ccc(-c2csc(-c3cnccn3)n2)s1. The van der Waals surface area contributed by atoms with Gasteiger partial charge >= 0.3 is 0 Å². The number of nitrogens with zero attached hydrogens (tertiary/aromatic N) is 3. The van der Waals surface area contributed by atoms with Gasteiger partial charge in [0.25, 0.3) is 0 Å². The Labute approximate surface area is 111 Å². The maximum absolute atomic E-state index is 5.91. The fourth-order valence-corrected chi connectivity index (χ4v) is 3.22. The Kier molecular flexibility index (Phi) is 2.88. The fourth-order valence-electron chi connectivity index (χ4n) is 1.37. The predicted molar refractivity (Wildman–Crippen MR) is 71.5 cm³/mol. The first-order valence-corrected chi connectivity index (χ1v) is 6.88. The minimum Gasteiger partial charge on any atom is -0.261 e. The highest BCUT2D eigenvalue weighted by Gasteiger charge is 2.09. The highest BCUT2D eigenvalue weighted by atomic mass is 35.5. The predicted octanol–water partition coefficient (Wildman–Crippen LogP) is 3.98. The highest BCUT2D eigenvalue weighted by Crippen LogP contribution is 2.33. The maximum Gasteiger partial charge on any atom is 0.144 e. The van der Waals surface area contributed by atoms with Crippen molar-refractivity contribution >= 4 is 34.3 Å². The molecule has 0 bridgehead atoms. The van der Waals surface area contributed by atoms with Crippen LogP contribution >= 0.6 is 34.3 Å². The molecule has 0 aliphatic carbocycles. The minimum absolute atomic E-state index is 0.772. The summed E-state index contributed by atoms with van der Waals surface area (Å²) < 4.78 is 0.772. The molecular weight excluding hydrogens is 274 g/mol. The average Bonchev–Trinajstić information content (AvgIpc) is 2.98. The molecule has 0 unspecified atom stereocenters. The monoisotopic (exact) mass is 279 g/mol. The lowest BCUT2D eigenvalue weighted by Gasteiger charge is -1.92. The van der Waals surface area contributed by atoms with E-state index in [1.165, 1.54) is 11.3 Å². The molecule has 0 spiro atoms. The Morgan fingerprint density at radius 2 is 2.06 bits per heavy atom. The number of rotatable bonds is 2. The Morgan fingerprint density at radius 3 is 2.76 bits per heavy atom. The molecule has 84 valence electrons. The van der Waals surface area contributed by atoms with E-state index in [4.69, 9.17) is 11.6 Å². The Balaban J connectivity index is 1.99. The molecule has 3 heterocycles. The molecule has 0 saturated carbocycles. The van der Waals surface area contributed by atoms with Gasteiger partial charge in [0.05, 0.1) is 21.1 Å². The second-order valence-corrected chi connectivity index (χ2v) is 5.81. The molecule has 0 saturated heterocycles. The molecule has 0 aliphatic rings. The van der Waals surface area contributed by atoms with E-state index >= 15 is 0 Å². The van der Waals surface area contributed by atoms with Crippen molar-refractivity contribution in [2.75, 3.05) is 0 Å². The van der Waals surface area contributed by atoms with Gasteiger partial charge in [0.1, 0.15) is 10.7 Å². The minimum atomic E-state index is 0.772. The molecule has 0 radical (unpaired) electrons. The van der Waals surface area contributed by atoms with Crippen molar-refractivity contribution in [2.45, 2.75) is 0 Å². The lowest BCUT2D eigenvalue weighted by Crippen LogP contribution is -1.82. The maximum atomic E-state index is 5.91. The van der Waals surface area contributed by atoms with Gasteiger partial charge in [-0.3, -0.25) is 9.97 Å². The third kappa shape index (κ3) is 2.22. The van der Waals surface area contributed by atoms with Crippen molar-refractivity contribution in [3.63, 3.8) is 0 Å². The molecule has 0 aliphatic heterocycles. The largest absolute Gasteiger partial charge is 0.261 e. The van der Waals surface area contributed by atoms with E-state index in [1.54, 1.807) is 29.9 Å². The summed E-state index contributed by atoms with van der Waals surface area (Å²) in [4.78, 5) is 13.9. The van der Waals surface area contributed by atoms with Crippen molar-refractivity contribution in [3.05, 3.63) is 40.4 Å². The van der Waals surface area contributed by atoms with E-state index < -0.39 is 0 Å². The van der Waals surface area contributed by atoms with Crippen LogP contribution < -0.4 is 0 Å². The molecule has 3 rings (SSSR count). The summed E-state index contributed by atoms with van der Waals surface area (Å²) in [5, 5.41) is 2.88. The van der Waals surface area contributed by atoms with Gasteiger partial charge in [0, 0.05) is 17.8 Å². The Bertz CT molecular complexity index is 633. The Hall–Kier alpha value is -1.30. The van der Waals surface area contributed by atoms with Crippen molar-refractivity contribution in [2.24, 2.45) is 0 Å². The highest BCUT2D eigenvalue weighted by molar-refractivity contribution is 7.19. The molecule has 3 nitrogen and oxygen atoms in total. The van der Waals surface area contributed by atoms with Gasteiger partial charge < -0.3 is 0 Å². The zero-order valence-corrected chi connectivity index (χ0v) is 10.9. The molecule has 0 atom stereocenters. The summed E-state index contributed by atoms with van der Waals surface area (Å²) in [5.74, 6) is 0. The van der Waals surface area contributed by atoms with Crippen LogP contribution in [0.5, 0.6) is 0 Å². The van der Waals surface area contributed by atoms with Crippen LogP contribution in [-0.4, -0.2) is 15.0 Å².